The number of nitrogens with one attached hydrogen (secondary N) is 3. The lowest BCUT2D eigenvalue weighted by Gasteiger charge is -2.15. The monoisotopic (exact) mass is 330 g/mol. The lowest BCUT2D eigenvalue weighted by atomic mass is 9.97. The van der Waals surface area contributed by atoms with Crippen LogP contribution in [0.2, 0.25) is 0 Å². The minimum absolute atomic E-state index is 0.101. The van der Waals surface area contributed by atoms with E-state index < -0.39 is 10.0 Å². The number of rotatable bonds is 9. The summed E-state index contributed by atoms with van der Waals surface area (Å²) in [5.41, 5.74) is 1.53. The Morgan fingerprint density at radius 3 is 2.68 bits per heavy atom. The number of nitrogens with zero attached hydrogens (tertiary/aromatic N) is 1. The highest BCUT2D eigenvalue weighted by Gasteiger charge is 2.05. The highest BCUT2D eigenvalue weighted by Crippen LogP contribution is 2.19. The first-order valence-electron chi connectivity index (χ1n) is 8.24. The topological polar surface area (TPSA) is 82.6 Å². The van der Waals surface area contributed by atoms with Gasteiger partial charge in [-0.3, -0.25) is 4.99 Å². The predicted octanol–water partition coefficient (Wildman–Crippen LogP) is 1.37. The Kier molecular flexibility index (Phi) is 9.15. The minimum atomic E-state index is -3.13. The van der Waals surface area contributed by atoms with Crippen molar-refractivity contribution in [2.45, 2.75) is 46.0 Å². The van der Waals surface area contributed by atoms with Crippen molar-refractivity contribution in [1.29, 1.82) is 0 Å². The number of guanidine groups is 1. The molecule has 0 amide bonds. The van der Waals surface area contributed by atoms with Crippen LogP contribution >= 0.6 is 0 Å². The van der Waals surface area contributed by atoms with Crippen LogP contribution in [0.4, 0.5) is 0 Å². The Labute approximate surface area is 134 Å². The molecule has 0 radical (unpaired) electrons. The zero-order valence-electron chi connectivity index (χ0n) is 13.8. The summed E-state index contributed by atoms with van der Waals surface area (Å²) in [5, 5.41) is 6.47. The Morgan fingerprint density at radius 1 is 1.23 bits per heavy atom. The summed E-state index contributed by atoms with van der Waals surface area (Å²) in [4.78, 5) is 4.38. The van der Waals surface area contributed by atoms with Gasteiger partial charge in [0, 0.05) is 19.6 Å². The van der Waals surface area contributed by atoms with E-state index in [0.717, 1.165) is 25.5 Å². The molecular weight excluding hydrogens is 300 g/mol. The van der Waals surface area contributed by atoms with Crippen LogP contribution in [0.3, 0.4) is 0 Å². The van der Waals surface area contributed by atoms with E-state index >= 15 is 0 Å². The summed E-state index contributed by atoms with van der Waals surface area (Å²) >= 11 is 0. The molecule has 0 saturated heterocycles. The predicted molar refractivity (Wildman–Crippen MR) is 92.6 cm³/mol. The van der Waals surface area contributed by atoms with Gasteiger partial charge in [0.2, 0.25) is 10.0 Å². The van der Waals surface area contributed by atoms with Crippen LogP contribution in [-0.4, -0.2) is 46.3 Å². The van der Waals surface area contributed by atoms with Gasteiger partial charge in [-0.1, -0.05) is 11.6 Å². The van der Waals surface area contributed by atoms with E-state index in [4.69, 9.17) is 0 Å². The van der Waals surface area contributed by atoms with Gasteiger partial charge in [-0.2, -0.15) is 0 Å². The van der Waals surface area contributed by atoms with E-state index in [1.165, 1.54) is 31.3 Å². The van der Waals surface area contributed by atoms with Gasteiger partial charge in [-0.15, -0.1) is 0 Å². The fraction of sp³-hybridized carbons (Fsp3) is 0.800. The van der Waals surface area contributed by atoms with E-state index in [1.807, 2.05) is 6.92 Å². The first-order valence-corrected chi connectivity index (χ1v) is 9.90. The molecular formula is C15H30N4O2S. The number of hydrogen-bond donors (Lipinski definition) is 3. The van der Waals surface area contributed by atoms with Gasteiger partial charge in [-0.05, 0) is 46.0 Å². The molecule has 1 aliphatic rings. The highest BCUT2D eigenvalue weighted by atomic mass is 32.2. The average molecular weight is 330 g/mol. The third-order valence-electron chi connectivity index (χ3n) is 3.55. The zero-order chi connectivity index (χ0) is 16.3. The quantitative estimate of drug-likeness (QED) is 0.258. The van der Waals surface area contributed by atoms with Crippen molar-refractivity contribution in [3.8, 4) is 0 Å². The van der Waals surface area contributed by atoms with Gasteiger partial charge in [0.15, 0.2) is 5.96 Å². The van der Waals surface area contributed by atoms with Gasteiger partial charge in [0.25, 0.3) is 0 Å². The summed E-state index contributed by atoms with van der Waals surface area (Å²) in [5.74, 6) is 0.846. The average Bonchev–Trinajstić information content (AvgIpc) is 2.52. The number of allylic oxidation sites excluding steroid dienone is 1. The van der Waals surface area contributed by atoms with E-state index in [9.17, 15) is 8.42 Å². The van der Waals surface area contributed by atoms with Crippen molar-refractivity contribution < 1.29 is 8.42 Å². The fourth-order valence-corrected chi connectivity index (χ4v) is 2.89. The van der Waals surface area contributed by atoms with Crippen molar-refractivity contribution in [1.82, 2.24) is 15.4 Å². The summed E-state index contributed by atoms with van der Waals surface area (Å²) in [6.07, 6.45) is 8.45. The van der Waals surface area contributed by atoms with E-state index in [2.05, 4.69) is 26.4 Å². The SMILES string of the molecule is CCNC(=NCCNS(=O)(=O)CC)NCCC1=CCCCC1. The maximum Gasteiger partial charge on any atom is 0.211 e. The zero-order valence-corrected chi connectivity index (χ0v) is 14.6. The van der Waals surface area contributed by atoms with Crippen LogP contribution in [0.1, 0.15) is 46.0 Å². The standard InChI is InChI=1S/C15H30N4O2S/c1-3-16-15(18-12-13-19-22(20,21)4-2)17-11-10-14-8-6-5-7-9-14/h8,19H,3-7,9-13H2,1-2H3,(H2,16,17,18). The molecule has 0 aromatic rings. The summed E-state index contributed by atoms with van der Waals surface area (Å²) in [7, 11) is -3.13. The normalized spacial score (nSPS) is 16.3. The van der Waals surface area contributed by atoms with Crippen LogP contribution in [0, 0.1) is 0 Å². The molecule has 0 heterocycles. The van der Waals surface area contributed by atoms with Crippen molar-refractivity contribution in [3.63, 3.8) is 0 Å². The number of hydrogen-bond acceptors (Lipinski definition) is 3. The molecule has 6 nitrogen and oxygen atoms in total. The fourth-order valence-electron chi connectivity index (χ4n) is 2.29. The first-order chi connectivity index (χ1) is 10.6. The molecule has 3 N–H and O–H groups in total. The summed E-state index contributed by atoms with van der Waals surface area (Å²) in [6, 6.07) is 0. The molecule has 0 bridgehead atoms. The van der Waals surface area contributed by atoms with Crippen LogP contribution in [-0.2, 0) is 10.0 Å². The smallest absolute Gasteiger partial charge is 0.211 e. The van der Waals surface area contributed by atoms with Crippen molar-refractivity contribution in [2.24, 2.45) is 4.99 Å². The van der Waals surface area contributed by atoms with Gasteiger partial charge in [0.1, 0.15) is 0 Å². The second-order valence-electron chi connectivity index (χ2n) is 5.34. The molecule has 1 rings (SSSR count). The molecule has 0 aromatic carbocycles. The van der Waals surface area contributed by atoms with Gasteiger partial charge in [0.05, 0.1) is 12.3 Å². The third kappa shape index (κ3) is 8.38. The molecule has 7 heteroatoms. The van der Waals surface area contributed by atoms with Crippen molar-refractivity contribution in [3.05, 3.63) is 11.6 Å². The number of sulfonamides is 1. The van der Waals surface area contributed by atoms with Gasteiger partial charge in [-0.25, -0.2) is 13.1 Å². The Bertz CT molecular complexity index is 472. The molecule has 128 valence electrons. The molecule has 0 unspecified atom stereocenters. The minimum Gasteiger partial charge on any atom is -0.357 e. The Morgan fingerprint density at radius 2 is 2.05 bits per heavy atom. The first kappa shape index (κ1) is 19.0. The van der Waals surface area contributed by atoms with Gasteiger partial charge < -0.3 is 10.6 Å². The van der Waals surface area contributed by atoms with Crippen molar-refractivity contribution >= 4 is 16.0 Å². The Hall–Kier alpha value is -1.08. The summed E-state index contributed by atoms with van der Waals surface area (Å²) < 4.78 is 25.2. The third-order valence-corrected chi connectivity index (χ3v) is 4.96. The van der Waals surface area contributed by atoms with Crippen molar-refractivity contribution in [2.75, 3.05) is 31.9 Å². The lowest BCUT2D eigenvalue weighted by Crippen LogP contribution is -2.38. The largest absolute Gasteiger partial charge is 0.357 e. The second kappa shape index (κ2) is 10.6. The molecule has 0 fully saturated rings. The highest BCUT2D eigenvalue weighted by molar-refractivity contribution is 7.89. The van der Waals surface area contributed by atoms with E-state index in [1.54, 1.807) is 6.92 Å². The lowest BCUT2D eigenvalue weighted by molar-refractivity contribution is 0.583. The van der Waals surface area contributed by atoms with Crippen LogP contribution in [0.25, 0.3) is 0 Å². The maximum atomic E-state index is 11.3. The van der Waals surface area contributed by atoms with Gasteiger partial charge >= 0.3 is 0 Å². The molecule has 1 aliphatic carbocycles. The molecule has 0 spiro atoms. The Balaban J connectivity index is 2.30. The molecule has 0 aliphatic heterocycles. The van der Waals surface area contributed by atoms with E-state index in [-0.39, 0.29) is 5.75 Å². The number of aliphatic imine (C=N–C) groups is 1. The molecule has 0 aromatic heterocycles. The molecule has 22 heavy (non-hydrogen) atoms. The second-order valence-corrected chi connectivity index (χ2v) is 7.44. The van der Waals surface area contributed by atoms with Crippen LogP contribution in [0.5, 0.6) is 0 Å². The van der Waals surface area contributed by atoms with Crippen LogP contribution < -0.4 is 15.4 Å². The van der Waals surface area contributed by atoms with E-state index in [0.29, 0.717) is 13.1 Å². The maximum absolute atomic E-state index is 11.3. The summed E-state index contributed by atoms with van der Waals surface area (Å²) in [6.45, 7) is 6.04. The van der Waals surface area contributed by atoms with Crippen LogP contribution in [0.15, 0.2) is 16.6 Å². The molecule has 0 saturated carbocycles. The molecule has 0 atom stereocenters.